The molecule has 2 aliphatic heterocycles. The topological polar surface area (TPSA) is 55.4 Å². The maximum absolute atomic E-state index is 5.38. The van der Waals surface area contributed by atoms with Crippen LogP contribution in [0, 0.1) is 0 Å². The highest BCUT2D eigenvalue weighted by atomic mass is 16.7. The zero-order valence-electron chi connectivity index (χ0n) is 9.51. The molecule has 0 amide bonds. The highest BCUT2D eigenvalue weighted by Gasteiger charge is 2.23. The summed E-state index contributed by atoms with van der Waals surface area (Å²) in [4.78, 5) is 4.28. The van der Waals surface area contributed by atoms with Crippen LogP contribution in [0.1, 0.15) is 11.7 Å². The molecule has 0 radical (unpaired) electrons. The first kappa shape index (κ1) is 9.58. The van der Waals surface area contributed by atoms with Gasteiger partial charge >= 0.3 is 0 Å². The van der Waals surface area contributed by atoms with Gasteiger partial charge in [-0.2, -0.15) is 0 Å². The summed E-state index contributed by atoms with van der Waals surface area (Å²) in [6, 6.07) is 9.85. The van der Waals surface area contributed by atoms with Crippen molar-refractivity contribution < 1.29 is 9.47 Å². The van der Waals surface area contributed by atoms with E-state index >= 15 is 0 Å². The number of nitrogens with one attached hydrogen (secondary N) is 2. The van der Waals surface area contributed by atoms with Gasteiger partial charge in [0.15, 0.2) is 17.3 Å². The summed E-state index contributed by atoms with van der Waals surface area (Å²) in [5.74, 6) is 2.47. The van der Waals surface area contributed by atoms with Crippen molar-refractivity contribution in [1.82, 2.24) is 4.98 Å². The molecular weight excluding hydrogens is 230 g/mol. The standard InChI is InChI=1S/C13H11N3O2/c1-2-9-13(14-5-1)16-12(15-9)8-3-4-10-11(6-8)18-7-17-10/h1-6,12,15H,7H2,(H,14,16). The molecule has 0 bridgehead atoms. The fourth-order valence-corrected chi connectivity index (χ4v) is 2.22. The molecule has 1 aromatic heterocycles. The van der Waals surface area contributed by atoms with Crippen LogP contribution >= 0.6 is 0 Å². The molecule has 1 aromatic carbocycles. The molecule has 5 nitrogen and oxygen atoms in total. The van der Waals surface area contributed by atoms with Gasteiger partial charge in [-0.3, -0.25) is 0 Å². The number of benzene rings is 1. The van der Waals surface area contributed by atoms with Crippen molar-refractivity contribution in [3.05, 3.63) is 42.1 Å². The van der Waals surface area contributed by atoms with Crippen LogP contribution < -0.4 is 20.1 Å². The van der Waals surface area contributed by atoms with E-state index in [0.29, 0.717) is 6.79 Å². The summed E-state index contributed by atoms with van der Waals surface area (Å²) in [6.45, 7) is 0.298. The molecular formula is C13H11N3O2. The van der Waals surface area contributed by atoms with Crippen molar-refractivity contribution in [1.29, 1.82) is 0 Å². The molecule has 1 atom stereocenters. The lowest BCUT2D eigenvalue weighted by atomic mass is 10.1. The molecule has 3 heterocycles. The average Bonchev–Trinajstić information content (AvgIpc) is 3.04. The zero-order valence-corrected chi connectivity index (χ0v) is 9.51. The van der Waals surface area contributed by atoms with E-state index in [-0.39, 0.29) is 6.17 Å². The minimum Gasteiger partial charge on any atom is -0.454 e. The number of hydrogen-bond acceptors (Lipinski definition) is 5. The van der Waals surface area contributed by atoms with Gasteiger partial charge in [0.2, 0.25) is 6.79 Å². The van der Waals surface area contributed by atoms with E-state index in [9.17, 15) is 0 Å². The van der Waals surface area contributed by atoms with Crippen LogP contribution in [-0.4, -0.2) is 11.8 Å². The number of fused-ring (bicyclic) bond motifs is 2. The Kier molecular flexibility index (Phi) is 1.88. The average molecular weight is 241 g/mol. The van der Waals surface area contributed by atoms with E-state index < -0.39 is 0 Å². The van der Waals surface area contributed by atoms with Gasteiger partial charge in [-0.1, -0.05) is 6.07 Å². The van der Waals surface area contributed by atoms with Crippen molar-refractivity contribution >= 4 is 11.5 Å². The largest absolute Gasteiger partial charge is 0.454 e. The van der Waals surface area contributed by atoms with Gasteiger partial charge in [-0.15, -0.1) is 0 Å². The Morgan fingerprint density at radius 2 is 2.06 bits per heavy atom. The van der Waals surface area contributed by atoms with Crippen LogP contribution in [0.3, 0.4) is 0 Å². The number of nitrogens with zero attached hydrogens (tertiary/aromatic N) is 1. The maximum Gasteiger partial charge on any atom is 0.231 e. The molecule has 4 rings (SSSR count). The highest BCUT2D eigenvalue weighted by molar-refractivity contribution is 5.71. The third-order valence-electron chi connectivity index (χ3n) is 3.12. The molecule has 2 aliphatic rings. The molecule has 0 saturated heterocycles. The quantitative estimate of drug-likeness (QED) is 0.802. The summed E-state index contributed by atoms with van der Waals surface area (Å²) < 4.78 is 10.7. The zero-order chi connectivity index (χ0) is 11.9. The van der Waals surface area contributed by atoms with E-state index in [0.717, 1.165) is 28.6 Å². The van der Waals surface area contributed by atoms with E-state index in [1.807, 2.05) is 30.3 Å². The molecule has 0 fully saturated rings. The Bertz CT molecular complexity index is 590. The van der Waals surface area contributed by atoms with Crippen molar-refractivity contribution in [2.45, 2.75) is 6.17 Å². The molecule has 1 unspecified atom stereocenters. The lowest BCUT2D eigenvalue weighted by Gasteiger charge is -2.12. The van der Waals surface area contributed by atoms with Crippen molar-refractivity contribution in [2.24, 2.45) is 0 Å². The number of aromatic nitrogens is 1. The van der Waals surface area contributed by atoms with Crippen LogP contribution in [0.2, 0.25) is 0 Å². The van der Waals surface area contributed by atoms with Crippen LogP contribution in [0.15, 0.2) is 36.5 Å². The van der Waals surface area contributed by atoms with Gasteiger partial charge in [0.25, 0.3) is 0 Å². The minimum absolute atomic E-state index is 0.0180. The van der Waals surface area contributed by atoms with Crippen LogP contribution in [-0.2, 0) is 0 Å². The maximum atomic E-state index is 5.38. The minimum atomic E-state index is 0.0180. The van der Waals surface area contributed by atoms with E-state index in [1.165, 1.54) is 0 Å². The molecule has 0 aliphatic carbocycles. The summed E-state index contributed by atoms with van der Waals surface area (Å²) >= 11 is 0. The number of pyridine rings is 1. The van der Waals surface area contributed by atoms with Crippen LogP contribution in [0.25, 0.3) is 0 Å². The number of rotatable bonds is 1. The third-order valence-corrected chi connectivity index (χ3v) is 3.12. The van der Waals surface area contributed by atoms with Crippen LogP contribution in [0.5, 0.6) is 11.5 Å². The smallest absolute Gasteiger partial charge is 0.231 e. The monoisotopic (exact) mass is 241 g/mol. The third kappa shape index (κ3) is 1.37. The van der Waals surface area contributed by atoms with E-state index in [2.05, 4.69) is 15.6 Å². The lowest BCUT2D eigenvalue weighted by Crippen LogP contribution is -2.12. The van der Waals surface area contributed by atoms with Gasteiger partial charge in [-0.25, -0.2) is 4.98 Å². The number of ether oxygens (including phenoxy) is 2. The van der Waals surface area contributed by atoms with E-state index in [1.54, 1.807) is 6.20 Å². The second-order valence-electron chi connectivity index (χ2n) is 4.23. The van der Waals surface area contributed by atoms with Gasteiger partial charge in [0.05, 0.1) is 5.69 Å². The molecule has 0 saturated carbocycles. The van der Waals surface area contributed by atoms with Crippen molar-refractivity contribution in [2.75, 3.05) is 17.4 Å². The normalized spacial score (nSPS) is 19.0. The Hall–Kier alpha value is -2.43. The molecule has 2 N–H and O–H groups in total. The fraction of sp³-hybridized carbons (Fsp3) is 0.154. The Labute approximate surface area is 104 Å². The lowest BCUT2D eigenvalue weighted by molar-refractivity contribution is 0.174. The molecule has 0 spiro atoms. The van der Waals surface area contributed by atoms with Gasteiger partial charge in [0.1, 0.15) is 6.17 Å². The van der Waals surface area contributed by atoms with Crippen LogP contribution in [0.4, 0.5) is 11.5 Å². The fourth-order valence-electron chi connectivity index (χ4n) is 2.22. The highest BCUT2D eigenvalue weighted by Crippen LogP contribution is 2.38. The van der Waals surface area contributed by atoms with Crippen molar-refractivity contribution in [3.63, 3.8) is 0 Å². The summed E-state index contributed by atoms with van der Waals surface area (Å²) in [6.07, 6.45) is 1.79. The Morgan fingerprint density at radius 3 is 3.00 bits per heavy atom. The van der Waals surface area contributed by atoms with Gasteiger partial charge in [0, 0.05) is 6.20 Å². The summed E-state index contributed by atoms with van der Waals surface area (Å²) in [5, 5.41) is 6.70. The van der Waals surface area contributed by atoms with E-state index in [4.69, 9.17) is 9.47 Å². The molecule has 90 valence electrons. The summed E-state index contributed by atoms with van der Waals surface area (Å²) in [7, 11) is 0. The predicted octanol–water partition coefficient (Wildman–Crippen LogP) is 2.35. The second kappa shape index (κ2) is 3.53. The van der Waals surface area contributed by atoms with Gasteiger partial charge in [-0.05, 0) is 29.8 Å². The number of anilines is 2. The predicted molar refractivity (Wildman–Crippen MR) is 66.8 cm³/mol. The first-order valence-electron chi connectivity index (χ1n) is 5.78. The van der Waals surface area contributed by atoms with Gasteiger partial charge < -0.3 is 20.1 Å². The second-order valence-corrected chi connectivity index (χ2v) is 4.23. The Balaban J connectivity index is 1.66. The molecule has 18 heavy (non-hydrogen) atoms. The summed E-state index contributed by atoms with van der Waals surface area (Å²) in [5.41, 5.74) is 2.11. The molecule has 5 heteroatoms. The Morgan fingerprint density at radius 1 is 1.11 bits per heavy atom. The number of hydrogen-bond donors (Lipinski definition) is 2. The van der Waals surface area contributed by atoms with Crippen molar-refractivity contribution in [3.8, 4) is 11.5 Å². The molecule has 2 aromatic rings. The SMILES string of the molecule is c1cnc2c(c1)NC(c1ccc3c(c1)OCO3)N2. The first-order chi connectivity index (χ1) is 8.90. The first-order valence-corrected chi connectivity index (χ1v) is 5.78.